The lowest BCUT2D eigenvalue weighted by Crippen LogP contribution is -2.26. The zero-order chi connectivity index (χ0) is 39.9. The molecule has 2 aromatic heterocycles. The standard InChI is InChI=1S/C38H41ClN8O9/c1-2-3-16-34-40-36(39)35(45(34)24-27-17-19-28(20-18-27)31-14-7-8-15-32(31)37-41-43-44-42-37)33(48)23-29(22-26-11-5-4-6-12-26)38(49)54-21-10-9-13-30(56-47(52)53)25-55-46(50)51/h4-8,11-12,14-15,17-20,29-30H,2-3,9-10,13,16,21-25H2,1H3,(H,41,42,43,44)/t29-,30-/m1/s1. The number of ketones is 1. The zero-order valence-corrected chi connectivity index (χ0v) is 31.4. The lowest BCUT2D eigenvalue weighted by Gasteiger charge is -2.18. The number of halogens is 1. The highest BCUT2D eigenvalue weighted by atomic mass is 35.5. The molecule has 0 spiro atoms. The molecule has 0 aliphatic heterocycles. The van der Waals surface area contributed by atoms with E-state index >= 15 is 0 Å². The van der Waals surface area contributed by atoms with Crippen LogP contribution in [0.3, 0.4) is 0 Å². The van der Waals surface area contributed by atoms with E-state index in [0.29, 0.717) is 24.6 Å². The smallest absolute Gasteiger partial charge is 0.309 e. The number of unbranched alkanes of at least 4 members (excludes halogenated alkanes) is 2. The number of hydrogen-bond acceptors (Lipinski definition) is 13. The predicted molar refractivity (Wildman–Crippen MR) is 202 cm³/mol. The molecule has 17 nitrogen and oxygen atoms in total. The molecule has 56 heavy (non-hydrogen) atoms. The number of nitrogens with zero attached hydrogens (tertiary/aromatic N) is 7. The molecule has 2 atom stereocenters. The van der Waals surface area contributed by atoms with Crippen LogP contribution in [-0.2, 0) is 38.6 Å². The molecule has 5 rings (SSSR count). The largest absolute Gasteiger partial charge is 0.465 e. The van der Waals surface area contributed by atoms with Crippen LogP contribution < -0.4 is 0 Å². The van der Waals surface area contributed by atoms with Gasteiger partial charge in [0.2, 0.25) is 5.82 Å². The third-order valence-corrected chi connectivity index (χ3v) is 9.26. The summed E-state index contributed by atoms with van der Waals surface area (Å²) in [6.07, 6.45) is 1.83. The second-order valence-corrected chi connectivity index (χ2v) is 13.3. The van der Waals surface area contributed by atoms with Gasteiger partial charge in [0.15, 0.2) is 10.9 Å². The Morgan fingerprint density at radius 1 is 0.911 bits per heavy atom. The Morgan fingerprint density at radius 2 is 1.64 bits per heavy atom. The summed E-state index contributed by atoms with van der Waals surface area (Å²) in [5, 5.41) is 33.7. The molecule has 0 aliphatic rings. The molecule has 1 N–H and O–H groups in total. The fourth-order valence-corrected chi connectivity index (χ4v) is 6.57. The highest BCUT2D eigenvalue weighted by Gasteiger charge is 2.29. The topological polar surface area (TPSA) is 220 Å². The number of tetrazole rings is 1. The van der Waals surface area contributed by atoms with E-state index in [1.165, 1.54) is 0 Å². The van der Waals surface area contributed by atoms with Gasteiger partial charge in [0.05, 0.1) is 12.5 Å². The molecule has 0 amide bonds. The number of esters is 1. The van der Waals surface area contributed by atoms with E-state index in [1.807, 2.05) is 83.4 Å². The highest BCUT2D eigenvalue weighted by Crippen LogP contribution is 2.31. The molecule has 0 aliphatic carbocycles. The minimum Gasteiger partial charge on any atom is -0.465 e. The molecule has 3 aromatic carbocycles. The van der Waals surface area contributed by atoms with Crippen LogP contribution in [0.1, 0.15) is 72.9 Å². The number of carbonyl (C=O) groups excluding carboxylic acids is 2. The van der Waals surface area contributed by atoms with Crippen LogP contribution >= 0.6 is 11.6 Å². The number of Topliss-reactive ketones (excluding diaryl/α,β-unsaturated/α-hetero) is 1. The number of nitrogens with one attached hydrogen (secondary N) is 1. The molecular formula is C38H41ClN8O9. The van der Waals surface area contributed by atoms with Gasteiger partial charge in [-0.05, 0) is 59.6 Å². The molecule has 0 saturated carbocycles. The summed E-state index contributed by atoms with van der Waals surface area (Å²) >= 11 is 6.71. The summed E-state index contributed by atoms with van der Waals surface area (Å²) in [6.45, 7) is 1.72. The quantitative estimate of drug-likeness (QED) is 0.0239. The summed E-state index contributed by atoms with van der Waals surface area (Å²) in [4.78, 5) is 62.3. The Bertz CT molecular complexity index is 2060. The third-order valence-electron chi connectivity index (χ3n) is 9.00. The van der Waals surface area contributed by atoms with E-state index in [2.05, 4.69) is 42.2 Å². The van der Waals surface area contributed by atoms with E-state index < -0.39 is 34.8 Å². The van der Waals surface area contributed by atoms with Gasteiger partial charge in [0, 0.05) is 24.9 Å². The first-order valence-electron chi connectivity index (χ1n) is 18.1. The van der Waals surface area contributed by atoms with Gasteiger partial charge in [-0.1, -0.05) is 104 Å². The minimum absolute atomic E-state index is 0.0466. The summed E-state index contributed by atoms with van der Waals surface area (Å²) in [6, 6.07) is 24.9. The first-order valence-corrected chi connectivity index (χ1v) is 18.5. The Morgan fingerprint density at radius 3 is 2.32 bits per heavy atom. The van der Waals surface area contributed by atoms with Gasteiger partial charge in [-0.2, -0.15) is 5.21 Å². The molecule has 5 aromatic rings. The molecule has 0 unspecified atom stereocenters. The fraction of sp³-hybridized carbons (Fsp3) is 0.368. The van der Waals surface area contributed by atoms with Gasteiger partial charge in [-0.15, -0.1) is 30.4 Å². The Kier molecular flexibility index (Phi) is 15.0. The first-order chi connectivity index (χ1) is 27.1. The van der Waals surface area contributed by atoms with Crippen molar-refractivity contribution in [1.29, 1.82) is 0 Å². The number of H-pyrrole nitrogens is 1. The van der Waals surface area contributed by atoms with Crippen LogP contribution in [-0.4, -0.2) is 71.4 Å². The summed E-state index contributed by atoms with van der Waals surface area (Å²) in [5.74, 6) is -0.674. The van der Waals surface area contributed by atoms with Gasteiger partial charge in [0.25, 0.3) is 10.2 Å². The van der Waals surface area contributed by atoms with Gasteiger partial charge >= 0.3 is 5.97 Å². The first kappa shape index (κ1) is 40.9. The molecule has 0 bridgehead atoms. The fourth-order valence-electron chi connectivity index (χ4n) is 6.26. The van der Waals surface area contributed by atoms with Crippen molar-refractivity contribution in [2.24, 2.45) is 5.92 Å². The van der Waals surface area contributed by atoms with E-state index in [0.717, 1.165) is 40.7 Å². The van der Waals surface area contributed by atoms with Gasteiger partial charge in [-0.3, -0.25) is 9.59 Å². The number of imidazole rings is 1. The van der Waals surface area contributed by atoms with Crippen molar-refractivity contribution in [3.05, 3.63) is 127 Å². The van der Waals surface area contributed by atoms with Crippen molar-refractivity contribution in [3.63, 3.8) is 0 Å². The van der Waals surface area contributed by atoms with Crippen LogP contribution in [0.25, 0.3) is 22.5 Å². The molecule has 0 radical (unpaired) electrons. The van der Waals surface area contributed by atoms with Crippen molar-refractivity contribution in [1.82, 2.24) is 30.2 Å². The molecule has 294 valence electrons. The van der Waals surface area contributed by atoms with E-state index in [-0.39, 0.29) is 55.3 Å². The lowest BCUT2D eigenvalue weighted by molar-refractivity contribution is -0.790. The monoisotopic (exact) mass is 788 g/mol. The number of hydrogen-bond donors (Lipinski definition) is 1. The van der Waals surface area contributed by atoms with Crippen LogP contribution in [0.4, 0.5) is 0 Å². The van der Waals surface area contributed by atoms with Crippen LogP contribution in [0.5, 0.6) is 0 Å². The van der Waals surface area contributed by atoms with E-state index in [9.17, 15) is 29.8 Å². The third kappa shape index (κ3) is 11.6. The van der Waals surface area contributed by atoms with E-state index in [4.69, 9.17) is 16.3 Å². The van der Waals surface area contributed by atoms with Gasteiger partial charge in [0.1, 0.15) is 24.2 Å². The van der Waals surface area contributed by atoms with E-state index in [1.54, 1.807) is 0 Å². The number of benzene rings is 3. The van der Waals surface area contributed by atoms with Crippen LogP contribution in [0, 0.1) is 26.1 Å². The number of carbonyl (C=O) groups is 2. The van der Waals surface area contributed by atoms with Crippen molar-refractivity contribution in [3.8, 4) is 22.5 Å². The highest BCUT2D eigenvalue weighted by molar-refractivity contribution is 6.32. The van der Waals surface area contributed by atoms with Crippen molar-refractivity contribution in [2.45, 2.75) is 70.9 Å². The molecule has 18 heteroatoms. The zero-order valence-electron chi connectivity index (χ0n) is 30.6. The number of rotatable bonds is 23. The maximum Gasteiger partial charge on any atom is 0.309 e. The Labute approximate surface area is 326 Å². The Hall–Kier alpha value is -6.23. The van der Waals surface area contributed by atoms with Crippen LogP contribution in [0.2, 0.25) is 5.15 Å². The average Bonchev–Trinajstić information content (AvgIpc) is 3.84. The second kappa shape index (κ2) is 20.5. The minimum atomic E-state index is -1.16. The van der Waals surface area contributed by atoms with Crippen LogP contribution in [0.15, 0.2) is 78.9 Å². The van der Waals surface area contributed by atoms with Crippen molar-refractivity contribution < 1.29 is 34.2 Å². The average molecular weight is 789 g/mol. The predicted octanol–water partition coefficient (Wildman–Crippen LogP) is 6.70. The number of aryl methyl sites for hydroxylation is 1. The van der Waals surface area contributed by atoms with Gasteiger partial charge in [-0.25, -0.2) is 4.98 Å². The maximum absolute atomic E-state index is 14.2. The molecular weight excluding hydrogens is 748 g/mol. The Balaban J connectivity index is 1.31. The summed E-state index contributed by atoms with van der Waals surface area (Å²) < 4.78 is 7.43. The molecule has 0 saturated heterocycles. The lowest BCUT2D eigenvalue weighted by atomic mass is 9.93. The second-order valence-electron chi connectivity index (χ2n) is 13.0. The number of aromatic amines is 1. The summed E-state index contributed by atoms with van der Waals surface area (Å²) in [5.41, 5.74) is 4.64. The SMILES string of the molecule is CCCCc1nc(Cl)c(C(=O)C[C@@H](Cc2ccccc2)C(=O)OCCCC[C@H](CO[N+](=O)[O-])O[N+](=O)[O-])n1Cc1ccc(-c2ccccc2-c2nn[nH]n2)cc1. The van der Waals surface area contributed by atoms with Gasteiger partial charge < -0.3 is 19.0 Å². The summed E-state index contributed by atoms with van der Waals surface area (Å²) in [7, 11) is 0. The number of aromatic nitrogens is 6. The normalized spacial score (nSPS) is 12.1. The maximum atomic E-state index is 14.2. The van der Waals surface area contributed by atoms with Crippen molar-refractivity contribution in [2.75, 3.05) is 13.2 Å². The molecule has 2 heterocycles. The number of ether oxygens (including phenoxy) is 1. The van der Waals surface area contributed by atoms with Crippen molar-refractivity contribution >= 4 is 23.4 Å². The molecule has 0 fully saturated rings.